The Morgan fingerprint density at radius 1 is 0.780 bits per heavy atom. The van der Waals surface area contributed by atoms with Crippen molar-refractivity contribution in [1.82, 2.24) is 5.01 Å². The molecule has 204 valence electrons. The minimum absolute atomic E-state index is 0.164. The smallest absolute Gasteiger partial charge is 0.254 e. The lowest BCUT2D eigenvalue weighted by Gasteiger charge is -2.45. The molecule has 2 bridgehead atoms. The first-order chi connectivity index (χ1) is 19.8. The van der Waals surface area contributed by atoms with Crippen molar-refractivity contribution >= 4 is 73.1 Å². The van der Waals surface area contributed by atoms with E-state index in [4.69, 9.17) is 27.9 Å². The van der Waals surface area contributed by atoms with Crippen molar-refractivity contribution in [3.63, 3.8) is 0 Å². The number of hydrogen-bond acceptors (Lipinski definition) is 4. The fraction of sp³-hybridized carbons (Fsp3) is 0.156. The fourth-order valence-electron chi connectivity index (χ4n) is 6.48. The molecule has 8 rings (SSSR count). The van der Waals surface area contributed by atoms with Gasteiger partial charge in [-0.2, -0.15) is 10.1 Å². The summed E-state index contributed by atoms with van der Waals surface area (Å²) in [6, 6.07) is 25.2. The molecular weight excluding hydrogens is 691 g/mol. The largest absolute Gasteiger partial charge is 0.486 e. The van der Waals surface area contributed by atoms with E-state index in [0.717, 1.165) is 32.8 Å². The summed E-state index contributed by atoms with van der Waals surface area (Å²) < 4.78 is 7.37. The Hall–Kier alpha value is -2.97. The summed E-state index contributed by atoms with van der Waals surface area (Å²) in [6.07, 6.45) is 1.53. The van der Waals surface area contributed by atoms with Crippen LogP contribution in [0.25, 0.3) is 0 Å². The van der Waals surface area contributed by atoms with Gasteiger partial charge >= 0.3 is 0 Å². The number of carbonyl (C=O) groups excluding carboxylic acids is 2. The van der Waals surface area contributed by atoms with Crippen molar-refractivity contribution in [2.75, 3.05) is 0 Å². The zero-order chi connectivity index (χ0) is 28.4. The molecule has 0 aromatic heterocycles. The van der Waals surface area contributed by atoms with Crippen LogP contribution < -0.4 is 4.74 Å². The molecule has 4 aromatic carbocycles. The van der Waals surface area contributed by atoms with E-state index in [1.165, 1.54) is 6.21 Å². The first-order valence-corrected chi connectivity index (χ1v) is 15.3. The standard InChI is InChI=1S/C32H20Br2Cl2N2O3/c33-23-11-16(12-24(34)30(23)41-15-17-9-10-18(35)13-25(17)36)14-37-38-31(39)28-26-19-5-1-2-6-20(19)27(29(28)32(38)40)22-8-4-3-7-21(22)26/h1-14,26-29H,15H2/b37-14-/t26?,27?,28-,29-/m0/s1. The summed E-state index contributed by atoms with van der Waals surface area (Å²) >= 11 is 19.4. The quantitative estimate of drug-likeness (QED) is 0.155. The summed E-state index contributed by atoms with van der Waals surface area (Å²) in [5.74, 6) is -1.20. The van der Waals surface area contributed by atoms with Crippen LogP contribution in [0.5, 0.6) is 5.75 Å². The van der Waals surface area contributed by atoms with Crippen molar-refractivity contribution in [1.29, 1.82) is 0 Å². The zero-order valence-electron chi connectivity index (χ0n) is 21.2. The Kier molecular flexibility index (Phi) is 6.81. The van der Waals surface area contributed by atoms with Crippen LogP contribution in [0, 0.1) is 11.8 Å². The molecule has 5 nitrogen and oxygen atoms in total. The predicted molar refractivity (Wildman–Crippen MR) is 166 cm³/mol. The van der Waals surface area contributed by atoms with E-state index in [-0.39, 0.29) is 30.3 Å². The average Bonchev–Trinajstić information content (AvgIpc) is 3.22. The Bertz CT molecular complexity index is 1650. The van der Waals surface area contributed by atoms with Gasteiger partial charge in [-0.3, -0.25) is 9.59 Å². The van der Waals surface area contributed by atoms with Gasteiger partial charge in [-0.1, -0.05) is 77.8 Å². The van der Waals surface area contributed by atoms with Crippen LogP contribution in [-0.2, 0) is 16.2 Å². The summed E-state index contributed by atoms with van der Waals surface area (Å²) in [5.41, 5.74) is 6.01. The maximum absolute atomic E-state index is 13.8. The second-order valence-corrected chi connectivity index (χ2v) is 12.9. The van der Waals surface area contributed by atoms with E-state index in [0.29, 0.717) is 30.3 Å². The number of carbonyl (C=O) groups is 2. The van der Waals surface area contributed by atoms with Gasteiger partial charge in [0.25, 0.3) is 11.8 Å². The Morgan fingerprint density at radius 2 is 1.29 bits per heavy atom. The van der Waals surface area contributed by atoms with Crippen molar-refractivity contribution in [3.05, 3.63) is 131 Å². The van der Waals surface area contributed by atoms with E-state index in [1.54, 1.807) is 12.1 Å². The van der Waals surface area contributed by atoms with E-state index in [2.05, 4.69) is 61.2 Å². The highest BCUT2D eigenvalue weighted by atomic mass is 79.9. The van der Waals surface area contributed by atoms with Crippen LogP contribution in [0.1, 0.15) is 45.2 Å². The molecule has 2 atom stereocenters. The van der Waals surface area contributed by atoms with Gasteiger partial charge in [0.05, 0.1) is 27.0 Å². The topological polar surface area (TPSA) is 59.0 Å². The molecule has 1 aliphatic heterocycles. The van der Waals surface area contributed by atoms with Crippen molar-refractivity contribution in [2.45, 2.75) is 18.4 Å². The number of ether oxygens (including phenoxy) is 1. The second kappa shape index (κ2) is 10.4. The number of rotatable bonds is 5. The van der Waals surface area contributed by atoms with Gasteiger partial charge in [0.1, 0.15) is 12.4 Å². The van der Waals surface area contributed by atoms with E-state index in [1.807, 2.05) is 42.5 Å². The number of nitrogens with zero attached hydrogens (tertiary/aromatic N) is 2. The van der Waals surface area contributed by atoms with Crippen LogP contribution in [0.15, 0.2) is 92.9 Å². The molecule has 0 radical (unpaired) electrons. The van der Waals surface area contributed by atoms with Gasteiger partial charge in [0.2, 0.25) is 0 Å². The third-order valence-corrected chi connectivity index (χ3v) is 9.92. The fourth-order valence-corrected chi connectivity index (χ4v) is 8.39. The number of halogens is 4. The van der Waals surface area contributed by atoms with E-state index >= 15 is 0 Å². The maximum Gasteiger partial charge on any atom is 0.254 e. The molecule has 4 aromatic rings. The lowest BCUT2D eigenvalue weighted by molar-refractivity contribution is -0.139. The highest BCUT2D eigenvalue weighted by molar-refractivity contribution is 9.11. The lowest BCUT2D eigenvalue weighted by Crippen LogP contribution is -2.41. The SMILES string of the molecule is O=C1[C@H]2C3c4ccccc4C(c4ccccc43)[C@@H]2C(=O)N1/N=C\c1cc(Br)c(OCc2ccc(Cl)cc2Cl)c(Br)c1. The maximum atomic E-state index is 13.8. The Balaban J connectivity index is 1.15. The molecule has 0 unspecified atom stereocenters. The second-order valence-electron chi connectivity index (χ2n) is 10.3. The van der Waals surface area contributed by atoms with Crippen LogP contribution in [-0.4, -0.2) is 23.0 Å². The first kappa shape index (κ1) is 26.9. The minimum Gasteiger partial charge on any atom is -0.486 e. The van der Waals surface area contributed by atoms with Crippen LogP contribution in [0.2, 0.25) is 10.0 Å². The molecule has 4 aliphatic rings. The molecule has 0 saturated carbocycles. The highest BCUT2D eigenvalue weighted by Gasteiger charge is 2.61. The molecule has 41 heavy (non-hydrogen) atoms. The van der Waals surface area contributed by atoms with Crippen molar-refractivity contribution < 1.29 is 14.3 Å². The third-order valence-electron chi connectivity index (χ3n) is 8.16. The number of amides is 2. The lowest BCUT2D eigenvalue weighted by atomic mass is 9.55. The van der Waals surface area contributed by atoms with Gasteiger partial charge in [-0.05, 0) is 83.9 Å². The monoisotopic (exact) mass is 708 g/mol. The number of hydrogen-bond donors (Lipinski definition) is 0. The van der Waals surface area contributed by atoms with Gasteiger partial charge in [0, 0.05) is 27.4 Å². The molecule has 1 heterocycles. The Labute approximate surface area is 263 Å². The molecule has 3 aliphatic carbocycles. The van der Waals surface area contributed by atoms with Crippen molar-refractivity contribution in [3.8, 4) is 5.75 Å². The van der Waals surface area contributed by atoms with E-state index < -0.39 is 11.8 Å². The summed E-state index contributed by atoms with van der Waals surface area (Å²) in [7, 11) is 0. The van der Waals surface area contributed by atoms with Crippen LogP contribution >= 0.6 is 55.1 Å². The first-order valence-electron chi connectivity index (χ1n) is 13.0. The Morgan fingerprint density at radius 3 is 1.78 bits per heavy atom. The van der Waals surface area contributed by atoms with Gasteiger partial charge in [-0.25, -0.2) is 0 Å². The summed E-state index contributed by atoms with van der Waals surface area (Å²) in [4.78, 5) is 27.5. The highest BCUT2D eigenvalue weighted by Crippen LogP contribution is 2.61. The number of imide groups is 1. The molecule has 1 fully saturated rings. The third kappa shape index (κ3) is 4.36. The molecule has 9 heteroatoms. The van der Waals surface area contributed by atoms with Crippen LogP contribution in [0.3, 0.4) is 0 Å². The van der Waals surface area contributed by atoms with Gasteiger partial charge in [0.15, 0.2) is 0 Å². The molecule has 0 spiro atoms. The van der Waals surface area contributed by atoms with E-state index in [9.17, 15) is 9.59 Å². The molecular formula is C32H20Br2Cl2N2O3. The predicted octanol–water partition coefficient (Wildman–Crippen LogP) is 8.32. The van der Waals surface area contributed by atoms with Gasteiger partial charge in [-0.15, -0.1) is 0 Å². The number of benzene rings is 4. The summed E-state index contributed by atoms with van der Waals surface area (Å²) in [5, 5.41) is 6.57. The minimum atomic E-state index is -0.469. The average molecular weight is 711 g/mol. The molecule has 1 saturated heterocycles. The van der Waals surface area contributed by atoms with Crippen molar-refractivity contribution in [2.24, 2.45) is 16.9 Å². The zero-order valence-corrected chi connectivity index (χ0v) is 25.9. The summed E-state index contributed by atoms with van der Waals surface area (Å²) in [6.45, 7) is 0.243. The molecule has 0 N–H and O–H groups in total. The number of hydrazone groups is 1. The molecule has 2 amide bonds. The normalized spacial score (nSPS) is 22.2. The van der Waals surface area contributed by atoms with Gasteiger partial charge < -0.3 is 4.74 Å². The van der Waals surface area contributed by atoms with Crippen LogP contribution in [0.4, 0.5) is 0 Å².